The summed E-state index contributed by atoms with van der Waals surface area (Å²) in [6.45, 7) is 0.611. The average molecular weight is 271 g/mol. The maximum absolute atomic E-state index is 11.9. The normalized spacial score (nSPS) is 10.1. The highest BCUT2D eigenvalue weighted by Gasteiger charge is 2.08. The van der Waals surface area contributed by atoms with Crippen LogP contribution < -0.4 is 10.5 Å². The molecule has 0 radical (unpaired) electrons. The molecule has 0 aromatic heterocycles. The topological polar surface area (TPSA) is 61.5 Å². The van der Waals surface area contributed by atoms with Gasteiger partial charge in [0.05, 0.1) is 12.7 Å². The number of nitrogens with two attached hydrogens (primary N) is 1. The van der Waals surface area contributed by atoms with Crippen molar-refractivity contribution in [3.63, 3.8) is 0 Å². The highest BCUT2D eigenvalue weighted by molar-refractivity contribution is 5.89. The summed E-state index contributed by atoms with van der Waals surface area (Å²) in [6, 6.07) is 14.5. The molecule has 4 nitrogen and oxygen atoms in total. The summed E-state index contributed by atoms with van der Waals surface area (Å²) in [6.07, 6.45) is 0. The third-order valence-corrected chi connectivity index (χ3v) is 2.90. The molecule has 0 spiro atoms. The average Bonchev–Trinajstić information content (AvgIpc) is 2.52. The summed E-state index contributed by atoms with van der Waals surface area (Å²) in [4.78, 5) is 11.9. The third-order valence-electron chi connectivity index (χ3n) is 2.90. The van der Waals surface area contributed by atoms with Crippen molar-refractivity contribution < 1.29 is 14.3 Å². The molecule has 20 heavy (non-hydrogen) atoms. The Bertz CT molecular complexity index is 596. The Kier molecular flexibility index (Phi) is 4.74. The molecule has 0 amide bonds. The van der Waals surface area contributed by atoms with Crippen LogP contribution in [0.5, 0.6) is 5.75 Å². The number of hydrogen-bond acceptors (Lipinski definition) is 4. The molecule has 0 saturated heterocycles. The number of carbonyl (C=O) groups is 1. The van der Waals surface area contributed by atoms with Crippen molar-refractivity contribution in [3.8, 4) is 5.75 Å². The van der Waals surface area contributed by atoms with Crippen LogP contribution in [0.3, 0.4) is 0 Å². The maximum atomic E-state index is 11.9. The molecule has 0 aliphatic carbocycles. The van der Waals surface area contributed by atoms with E-state index < -0.39 is 0 Å². The Morgan fingerprint density at radius 2 is 1.85 bits per heavy atom. The number of hydrogen-bond donors (Lipinski definition) is 1. The molecule has 0 heterocycles. The molecule has 0 aliphatic rings. The molecular formula is C16H17NO3. The first kappa shape index (κ1) is 14.1. The lowest BCUT2D eigenvalue weighted by molar-refractivity contribution is 0.0472. The van der Waals surface area contributed by atoms with Crippen molar-refractivity contribution in [2.75, 3.05) is 7.11 Å². The summed E-state index contributed by atoms with van der Waals surface area (Å²) < 4.78 is 10.4. The Morgan fingerprint density at radius 1 is 1.10 bits per heavy atom. The minimum Gasteiger partial charge on any atom is -0.497 e. The molecule has 0 aliphatic heterocycles. The maximum Gasteiger partial charge on any atom is 0.338 e. The molecular weight excluding hydrogens is 254 g/mol. The van der Waals surface area contributed by atoms with Crippen LogP contribution in [0.1, 0.15) is 21.5 Å². The van der Waals surface area contributed by atoms with Crippen molar-refractivity contribution >= 4 is 5.97 Å². The van der Waals surface area contributed by atoms with E-state index in [9.17, 15) is 4.79 Å². The molecule has 2 N–H and O–H groups in total. The van der Waals surface area contributed by atoms with Gasteiger partial charge in [0.25, 0.3) is 0 Å². The number of ether oxygens (including phenoxy) is 2. The fourth-order valence-electron chi connectivity index (χ4n) is 1.82. The van der Waals surface area contributed by atoms with Gasteiger partial charge in [-0.05, 0) is 35.4 Å². The van der Waals surface area contributed by atoms with Crippen molar-refractivity contribution in [3.05, 3.63) is 65.2 Å². The first-order valence-corrected chi connectivity index (χ1v) is 6.32. The van der Waals surface area contributed by atoms with E-state index in [1.165, 1.54) is 0 Å². The lowest BCUT2D eigenvalue weighted by Gasteiger charge is -2.07. The summed E-state index contributed by atoms with van der Waals surface area (Å²) in [5.74, 6) is 0.381. The molecule has 2 rings (SSSR count). The molecule has 2 aromatic rings. The Balaban J connectivity index is 2.00. The zero-order chi connectivity index (χ0) is 14.4. The van der Waals surface area contributed by atoms with E-state index in [-0.39, 0.29) is 12.6 Å². The number of benzene rings is 2. The predicted molar refractivity (Wildman–Crippen MR) is 76.4 cm³/mol. The largest absolute Gasteiger partial charge is 0.497 e. The molecule has 0 fully saturated rings. The van der Waals surface area contributed by atoms with E-state index in [2.05, 4.69) is 0 Å². The smallest absolute Gasteiger partial charge is 0.338 e. The number of rotatable bonds is 5. The Morgan fingerprint density at radius 3 is 2.60 bits per heavy atom. The van der Waals surface area contributed by atoms with E-state index in [1.54, 1.807) is 25.3 Å². The van der Waals surface area contributed by atoms with Crippen LogP contribution in [-0.2, 0) is 17.9 Å². The minimum atomic E-state index is -0.358. The van der Waals surface area contributed by atoms with Crippen LogP contribution in [-0.4, -0.2) is 13.1 Å². The van der Waals surface area contributed by atoms with E-state index in [1.807, 2.05) is 30.3 Å². The van der Waals surface area contributed by atoms with Crippen LogP contribution >= 0.6 is 0 Å². The van der Waals surface area contributed by atoms with Gasteiger partial charge in [0.1, 0.15) is 12.4 Å². The quantitative estimate of drug-likeness (QED) is 0.849. The predicted octanol–water partition coefficient (Wildman–Crippen LogP) is 2.51. The van der Waals surface area contributed by atoms with E-state index in [4.69, 9.17) is 15.2 Å². The van der Waals surface area contributed by atoms with Crippen LogP contribution in [0.15, 0.2) is 48.5 Å². The third kappa shape index (κ3) is 3.59. The fourth-order valence-corrected chi connectivity index (χ4v) is 1.82. The van der Waals surface area contributed by atoms with Crippen LogP contribution in [0.2, 0.25) is 0 Å². The van der Waals surface area contributed by atoms with Crippen LogP contribution in [0.4, 0.5) is 0 Å². The summed E-state index contributed by atoms with van der Waals surface area (Å²) in [5, 5.41) is 0. The fraction of sp³-hybridized carbons (Fsp3) is 0.188. The molecule has 4 heteroatoms. The monoisotopic (exact) mass is 271 g/mol. The molecule has 104 valence electrons. The van der Waals surface area contributed by atoms with Gasteiger partial charge in [0, 0.05) is 6.54 Å². The van der Waals surface area contributed by atoms with Crippen LogP contribution in [0, 0.1) is 0 Å². The lowest BCUT2D eigenvalue weighted by Crippen LogP contribution is -2.06. The van der Waals surface area contributed by atoms with Gasteiger partial charge >= 0.3 is 5.97 Å². The van der Waals surface area contributed by atoms with Gasteiger partial charge in [0.15, 0.2) is 0 Å². The number of methoxy groups -OCH3 is 1. The number of carbonyl (C=O) groups excluding carboxylic acids is 1. The van der Waals surface area contributed by atoms with E-state index >= 15 is 0 Å². The number of esters is 1. The standard InChI is InChI=1S/C16H17NO3/c1-19-15-7-3-5-13(9-15)11-20-16(18)14-6-2-4-12(8-14)10-17/h2-9H,10-11,17H2,1H3. The molecule has 0 bridgehead atoms. The second-order valence-electron chi connectivity index (χ2n) is 4.33. The van der Waals surface area contributed by atoms with E-state index in [0.29, 0.717) is 12.1 Å². The molecule has 2 aromatic carbocycles. The molecule has 0 unspecified atom stereocenters. The van der Waals surface area contributed by atoms with Gasteiger partial charge in [-0.15, -0.1) is 0 Å². The first-order chi connectivity index (χ1) is 9.72. The first-order valence-electron chi connectivity index (χ1n) is 6.32. The Hall–Kier alpha value is -2.33. The van der Waals surface area contributed by atoms with Gasteiger partial charge in [-0.25, -0.2) is 4.79 Å². The van der Waals surface area contributed by atoms with Gasteiger partial charge < -0.3 is 15.2 Å². The van der Waals surface area contributed by atoms with Gasteiger partial charge in [-0.3, -0.25) is 0 Å². The van der Waals surface area contributed by atoms with Crippen molar-refractivity contribution in [2.45, 2.75) is 13.2 Å². The second kappa shape index (κ2) is 6.73. The highest BCUT2D eigenvalue weighted by Crippen LogP contribution is 2.14. The zero-order valence-corrected chi connectivity index (χ0v) is 11.3. The van der Waals surface area contributed by atoms with Gasteiger partial charge in [-0.2, -0.15) is 0 Å². The van der Waals surface area contributed by atoms with Gasteiger partial charge in [0.2, 0.25) is 0 Å². The SMILES string of the molecule is COc1cccc(COC(=O)c2cccc(CN)c2)c1. The summed E-state index contributed by atoms with van der Waals surface area (Å²) >= 11 is 0. The van der Waals surface area contributed by atoms with Gasteiger partial charge in [-0.1, -0.05) is 24.3 Å². The highest BCUT2D eigenvalue weighted by atomic mass is 16.5. The van der Waals surface area contributed by atoms with E-state index in [0.717, 1.165) is 16.9 Å². The molecule has 0 saturated carbocycles. The van der Waals surface area contributed by atoms with Crippen molar-refractivity contribution in [2.24, 2.45) is 5.73 Å². The molecule has 0 atom stereocenters. The second-order valence-corrected chi connectivity index (χ2v) is 4.33. The minimum absolute atomic E-state index is 0.211. The lowest BCUT2D eigenvalue weighted by atomic mass is 10.1. The van der Waals surface area contributed by atoms with Crippen molar-refractivity contribution in [1.29, 1.82) is 0 Å². The summed E-state index contributed by atoms with van der Waals surface area (Å²) in [5.41, 5.74) is 7.85. The van der Waals surface area contributed by atoms with Crippen molar-refractivity contribution in [1.82, 2.24) is 0 Å². The zero-order valence-electron chi connectivity index (χ0n) is 11.3. The van der Waals surface area contributed by atoms with Crippen LogP contribution in [0.25, 0.3) is 0 Å². The Labute approximate surface area is 118 Å². The summed E-state index contributed by atoms with van der Waals surface area (Å²) in [7, 11) is 1.60.